The summed E-state index contributed by atoms with van der Waals surface area (Å²) in [4.78, 5) is 11.6. The van der Waals surface area contributed by atoms with Gasteiger partial charge in [0, 0.05) is 5.56 Å². The van der Waals surface area contributed by atoms with E-state index in [1.807, 2.05) is 0 Å². The van der Waals surface area contributed by atoms with Crippen LogP contribution in [0.4, 0.5) is 0 Å². The minimum atomic E-state index is -0.728. The molecule has 0 saturated heterocycles. The first-order valence-electron chi connectivity index (χ1n) is 6.72. The van der Waals surface area contributed by atoms with Crippen LogP contribution in [0.5, 0.6) is 5.75 Å². The van der Waals surface area contributed by atoms with Gasteiger partial charge in [-0.3, -0.25) is 4.79 Å². The summed E-state index contributed by atoms with van der Waals surface area (Å²) in [6.07, 6.45) is 5.89. The molecule has 1 aromatic carbocycles. The third-order valence-corrected chi connectivity index (χ3v) is 5.26. The molecule has 1 N–H and O–H groups in total. The molecule has 0 radical (unpaired) electrons. The fourth-order valence-electron chi connectivity index (χ4n) is 3.11. The third kappa shape index (κ3) is 1.88. The van der Waals surface area contributed by atoms with Crippen LogP contribution in [-0.2, 0) is 23.1 Å². The summed E-state index contributed by atoms with van der Waals surface area (Å²) < 4.78 is 6.48. The summed E-state index contributed by atoms with van der Waals surface area (Å²) >= 11 is 3.63. The fourth-order valence-corrected chi connectivity index (χ4v) is 3.94. The molecular weight excluding hydrogens is 308 g/mol. The molecule has 0 spiro atoms. The number of methoxy groups -OCH3 is 1. The van der Waals surface area contributed by atoms with Crippen LogP contribution in [-0.4, -0.2) is 18.2 Å². The minimum Gasteiger partial charge on any atom is -0.495 e. The Morgan fingerprint density at radius 2 is 2.05 bits per heavy atom. The second kappa shape index (κ2) is 4.51. The molecular formula is C15H17BrO3. The maximum Gasteiger partial charge on any atom is 0.314 e. The Morgan fingerprint density at radius 3 is 2.63 bits per heavy atom. The van der Waals surface area contributed by atoms with Crippen LogP contribution in [0.25, 0.3) is 0 Å². The van der Waals surface area contributed by atoms with Crippen LogP contribution < -0.4 is 4.74 Å². The third-order valence-electron chi connectivity index (χ3n) is 4.42. The quantitative estimate of drug-likeness (QED) is 0.926. The molecule has 0 amide bonds. The van der Waals surface area contributed by atoms with Crippen molar-refractivity contribution < 1.29 is 14.6 Å². The lowest BCUT2D eigenvalue weighted by molar-refractivity contribution is -0.140. The number of carbonyl (C=O) groups is 1. The highest BCUT2D eigenvalue weighted by atomic mass is 79.9. The van der Waals surface area contributed by atoms with Gasteiger partial charge in [0.2, 0.25) is 0 Å². The van der Waals surface area contributed by atoms with E-state index in [-0.39, 0.29) is 0 Å². The zero-order chi connectivity index (χ0) is 13.6. The Morgan fingerprint density at radius 1 is 1.37 bits per heavy atom. The van der Waals surface area contributed by atoms with Crippen LogP contribution in [0.15, 0.2) is 10.5 Å². The summed E-state index contributed by atoms with van der Waals surface area (Å²) in [7, 11) is 1.62. The maximum absolute atomic E-state index is 11.6. The second-order valence-electron chi connectivity index (χ2n) is 5.50. The van der Waals surface area contributed by atoms with Gasteiger partial charge in [-0.2, -0.15) is 0 Å². The van der Waals surface area contributed by atoms with E-state index in [0.29, 0.717) is 12.8 Å². The Hall–Kier alpha value is -1.03. The maximum atomic E-state index is 11.6. The first-order chi connectivity index (χ1) is 9.10. The lowest BCUT2D eigenvalue weighted by Gasteiger charge is -2.24. The molecule has 0 heterocycles. The monoisotopic (exact) mass is 324 g/mol. The number of hydrogen-bond acceptors (Lipinski definition) is 2. The number of ether oxygens (including phenoxy) is 1. The number of hydrogen-bond donors (Lipinski definition) is 1. The molecule has 0 aliphatic heterocycles. The van der Waals surface area contributed by atoms with Gasteiger partial charge in [0.25, 0.3) is 0 Å². The number of aliphatic carboxylic acids is 1. The van der Waals surface area contributed by atoms with E-state index < -0.39 is 11.4 Å². The van der Waals surface area contributed by atoms with Crippen molar-refractivity contribution in [2.75, 3.05) is 7.11 Å². The van der Waals surface area contributed by atoms with E-state index in [0.717, 1.165) is 28.6 Å². The number of rotatable bonds is 3. The van der Waals surface area contributed by atoms with E-state index in [9.17, 15) is 9.90 Å². The van der Waals surface area contributed by atoms with Crippen LogP contribution in [0.2, 0.25) is 0 Å². The molecule has 19 heavy (non-hydrogen) atoms. The normalized spacial score (nSPS) is 19.7. The largest absolute Gasteiger partial charge is 0.495 e. The molecule has 0 atom stereocenters. The van der Waals surface area contributed by atoms with Crippen molar-refractivity contribution in [1.29, 1.82) is 0 Å². The molecule has 3 rings (SSSR count). The minimum absolute atomic E-state index is 0.708. The van der Waals surface area contributed by atoms with E-state index >= 15 is 0 Å². The molecule has 2 aliphatic carbocycles. The Labute approximate surface area is 121 Å². The smallest absolute Gasteiger partial charge is 0.314 e. The van der Waals surface area contributed by atoms with Gasteiger partial charge in [-0.15, -0.1) is 0 Å². The van der Waals surface area contributed by atoms with Gasteiger partial charge < -0.3 is 9.84 Å². The molecule has 1 saturated carbocycles. The first-order valence-corrected chi connectivity index (χ1v) is 7.51. The Bertz CT molecular complexity index is 547. The topological polar surface area (TPSA) is 46.5 Å². The van der Waals surface area contributed by atoms with Crippen molar-refractivity contribution in [2.45, 2.75) is 43.9 Å². The number of fused-ring (bicyclic) bond motifs is 1. The standard InChI is InChI=1S/C15H17BrO3/c1-19-13-11(15(6-7-15)14(17)18)8-9-4-2-3-5-10(9)12(13)16/h8H,2-7H2,1H3,(H,17,18). The second-order valence-corrected chi connectivity index (χ2v) is 6.30. The van der Waals surface area contributed by atoms with E-state index in [1.54, 1.807) is 7.11 Å². The average molecular weight is 325 g/mol. The van der Waals surface area contributed by atoms with Gasteiger partial charge in [0.15, 0.2) is 0 Å². The Kier molecular flexibility index (Phi) is 3.08. The molecule has 1 aromatic rings. The summed E-state index contributed by atoms with van der Waals surface area (Å²) in [5.74, 6) is -0.00555. The van der Waals surface area contributed by atoms with Gasteiger partial charge in [0.05, 0.1) is 17.0 Å². The Balaban J connectivity index is 2.19. The molecule has 102 valence electrons. The molecule has 3 nitrogen and oxygen atoms in total. The van der Waals surface area contributed by atoms with Gasteiger partial charge in [-0.25, -0.2) is 0 Å². The number of halogens is 1. The zero-order valence-corrected chi connectivity index (χ0v) is 12.5. The summed E-state index contributed by atoms with van der Waals surface area (Å²) in [5, 5.41) is 9.50. The highest BCUT2D eigenvalue weighted by Crippen LogP contribution is 2.54. The average Bonchev–Trinajstić information content (AvgIpc) is 3.20. The van der Waals surface area contributed by atoms with Gasteiger partial charge in [0.1, 0.15) is 5.75 Å². The van der Waals surface area contributed by atoms with E-state index in [2.05, 4.69) is 22.0 Å². The lowest BCUT2D eigenvalue weighted by atomic mass is 9.85. The number of carboxylic acids is 1. The number of carboxylic acid groups (broad SMARTS) is 1. The summed E-state index contributed by atoms with van der Waals surface area (Å²) in [6.45, 7) is 0. The predicted octanol–water partition coefficient (Wildman–Crippen LogP) is 3.45. The SMILES string of the molecule is COc1c(C2(C(=O)O)CC2)cc2c(c1Br)CCCC2. The first kappa shape index (κ1) is 13.0. The molecule has 0 unspecified atom stereocenters. The molecule has 2 aliphatic rings. The highest BCUT2D eigenvalue weighted by molar-refractivity contribution is 9.10. The van der Waals surface area contributed by atoms with Crippen LogP contribution in [0.1, 0.15) is 42.4 Å². The van der Waals surface area contributed by atoms with Crippen LogP contribution in [0.3, 0.4) is 0 Å². The van der Waals surface area contributed by atoms with Crippen molar-refractivity contribution in [1.82, 2.24) is 0 Å². The molecule has 1 fully saturated rings. The molecule has 0 aromatic heterocycles. The van der Waals surface area contributed by atoms with Crippen LogP contribution in [0, 0.1) is 0 Å². The molecule has 4 heteroatoms. The van der Waals surface area contributed by atoms with E-state index in [4.69, 9.17) is 4.74 Å². The van der Waals surface area contributed by atoms with Crippen molar-refractivity contribution in [3.8, 4) is 5.75 Å². The van der Waals surface area contributed by atoms with Crippen molar-refractivity contribution in [2.24, 2.45) is 0 Å². The van der Waals surface area contributed by atoms with E-state index in [1.165, 1.54) is 24.0 Å². The predicted molar refractivity (Wildman–Crippen MR) is 75.9 cm³/mol. The number of benzene rings is 1. The summed E-state index contributed by atoms with van der Waals surface area (Å²) in [5.41, 5.74) is 2.74. The van der Waals surface area contributed by atoms with Gasteiger partial charge in [-0.05, 0) is 65.6 Å². The highest BCUT2D eigenvalue weighted by Gasteiger charge is 2.54. The van der Waals surface area contributed by atoms with Crippen LogP contribution >= 0.6 is 15.9 Å². The van der Waals surface area contributed by atoms with Crippen molar-refractivity contribution in [3.05, 3.63) is 27.2 Å². The fraction of sp³-hybridized carbons (Fsp3) is 0.533. The molecule has 0 bridgehead atoms. The van der Waals surface area contributed by atoms with Crippen molar-refractivity contribution in [3.63, 3.8) is 0 Å². The number of aryl methyl sites for hydroxylation is 1. The lowest BCUT2D eigenvalue weighted by Crippen LogP contribution is -2.21. The van der Waals surface area contributed by atoms with Gasteiger partial charge in [-0.1, -0.05) is 6.07 Å². The van der Waals surface area contributed by atoms with Crippen molar-refractivity contribution >= 4 is 21.9 Å². The summed E-state index contributed by atoms with van der Waals surface area (Å²) in [6, 6.07) is 2.08. The zero-order valence-electron chi connectivity index (χ0n) is 11.0. The van der Waals surface area contributed by atoms with Gasteiger partial charge >= 0.3 is 5.97 Å².